The summed E-state index contributed by atoms with van der Waals surface area (Å²) in [7, 11) is 1.62. The van der Waals surface area contributed by atoms with Crippen molar-refractivity contribution in [3.05, 3.63) is 46.8 Å². The molecule has 2 heterocycles. The van der Waals surface area contributed by atoms with Crippen LogP contribution in [0.2, 0.25) is 0 Å². The first kappa shape index (κ1) is 14.9. The number of hydrazine groups is 3. The average molecular weight is 319 g/mol. The molecule has 1 aromatic heterocycles. The number of hydrogen-bond acceptors (Lipinski definition) is 7. The first-order valence-corrected chi connectivity index (χ1v) is 7.65. The van der Waals surface area contributed by atoms with Crippen molar-refractivity contribution in [1.29, 1.82) is 0 Å². The Hall–Kier alpha value is -1.97. The number of amides is 1. The van der Waals surface area contributed by atoms with E-state index >= 15 is 0 Å². The van der Waals surface area contributed by atoms with Crippen molar-refractivity contribution < 1.29 is 9.53 Å². The second-order valence-corrected chi connectivity index (χ2v) is 5.67. The summed E-state index contributed by atoms with van der Waals surface area (Å²) in [5.74, 6) is 0.732. The van der Waals surface area contributed by atoms with Gasteiger partial charge in [-0.2, -0.15) is 11.1 Å². The molecule has 1 aromatic carbocycles. The minimum Gasteiger partial charge on any atom is -0.497 e. The molecule has 7 nitrogen and oxygen atoms in total. The third-order valence-corrected chi connectivity index (χ3v) is 4.12. The zero-order valence-corrected chi connectivity index (χ0v) is 12.8. The average Bonchev–Trinajstić information content (AvgIpc) is 3.18. The number of benzene rings is 1. The fourth-order valence-electron chi connectivity index (χ4n) is 2.16. The van der Waals surface area contributed by atoms with Gasteiger partial charge in [0.25, 0.3) is 0 Å². The van der Waals surface area contributed by atoms with Crippen LogP contribution in [0.1, 0.15) is 17.3 Å². The van der Waals surface area contributed by atoms with Gasteiger partial charge in [0, 0.05) is 5.56 Å². The van der Waals surface area contributed by atoms with Gasteiger partial charge in [-0.05, 0) is 29.1 Å². The van der Waals surface area contributed by atoms with Crippen molar-refractivity contribution in [2.75, 3.05) is 12.4 Å². The highest BCUT2D eigenvalue weighted by atomic mass is 32.1. The number of rotatable bonds is 5. The van der Waals surface area contributed by atoms with E-state index in [1.54, 1.807) is 7.11 Å². The third kappa shape index (κ3) is 3.43. The minimum atomic E-state index is -0.0949. The largest absolute Gasteiger partial charge is 0.497 e. The highest BCUT2D eigenvalue weighted by Crippen LogP contribution is 2.28. The normalized spacial score (nSPS) is 15.0. The Bertz CT molecular complexity index is 637. The Morgan fingerprint density at radius 3 is 2.64 bits per heavy atom. The lowest BCUT2D eigenvalue weighted by Gasteiger charge is -2.11. The number of ether oxygens (including phenoxy) is 1. The zero-order valence-electron chi connectivity index (χ0n) is 12.0. The van der Waals surface area contributed by atoms with Crippen LogP contribution in [0.4, 0.5) is 5.00 Å². The van der Waals surface area contributed by atoms with E-state index in [1.165, 1.54) is 11.3 Å². The molecule has 22 heavy (non-hydrogen) atoms. The lowest BCUT2D eigenvalue weighted by molar-refractivity contribution is -0.115. The van der Waals surface area contributed by atoms with Crippen LogP contribution >= 0.6 is 11.3 Å². The number of anilines is 1. The molecule has 1 amide bonds. The maximum atomic E-state index is 12.2. The van der Waals surface area contributed by atoms with Gasteiger partial charge in [0.2, 0.25) is 5.91 Å². The van der Waals surface area contributed by atoms with Gasteiger partial charge in [-0.3, -0.25) is 4.79 Å². The van der Waals surface area contributed by atoms with Crippen LogP contribution in [-0.2, 0) is 11.2 Å². The molecule has 116 valence electrons. The summed E-state index contributed by atoms with van der Waals surface area (Å²) in [6.45, 7) is 0. The van der Waals surface area contributed by atoms with E-state index in [4.69, 9.17) is 4.74 Å². The molecular weight excluding hydrogens is 302 g/mol. The lowest BCUT2D eigenvalue weighted by atomic mass is 10.1. The molecule has 0 aliphatic carbocycles. The molecule has 5 N–H and O–H groups in total. The number of carbonyl (C=O) groups excluding carboxylic acids is 1. The second-order valence-electron chi connectivity index (χ2n) is 4.75. The molecule has 0 spiro atoms. The van der Waals surface area contributed by atoms with Crippen LogP contribution in [-0.4, -0.2) is 13.0 Å². The molecule has 1 aliphatic heterocycles. The van der Waals surface area contributed by atoms with E-state index < -0.39 is 0 Å². The van der Waals surface area contributed by atoms with Gasteiger partial charge in [-0.25, -0.2) is 10.9 Å². The molecule has 1 fully saturated rings. The summed E-state index contributed by atoms with van der Waals surface area (Å²) >= 11 is 1.49. The van der Waals surface area contributed by atoms with Crippen LogP contribution in [0.5, 0.6) is 5.75 Å². The Morgan fingerprint density at radius 2 is 1.95 bits per heavy atom. The molecule has 1 saturated heterocycles. The summed E-state index contributed by atoms with van der Waals surface area (Å²) in [4.78, 5) is 12.2. The Morgan fingerprint density at radius 1 is 1.23 bits per heavy atom. The summed E-state index contributed by atoms with van der Waals surface area (Å²) in [5.41, 5.74) is 13.4. The van der Waals surface area contributed by atoms with Gasteiger partial charge < -0.3 is 10.1 Å². The fourth-order valence-corrected chi connectivity index (χ4v) is 3.00. The molecule has 0 atom stereocenters. The summed E-state index contributed by atoms with van der Waals surface area (Å²) in [5, 5.41) is 5.73. The van der Waals surface area contributed by atoms with Gasteiger partial charge >= 0.3 is 0 Å². The van der Waals surface area contributed by atoms with Crippen molar-refractivity contribution in [1.82, 2.24) is 21.9 Å². The van der Waals surface area contributed by atoms with Crippen molar-refractivity contribution in [2.24, 2.45) is 0 Å². The van der Waals surface area contributed by atoms with E-state index in [9.17, 15) is 4.79 Å². The van der Waals surface area contributed by atoms with Crippen LogP contribution in [0, 0.1) is 0 Å². The second kappa shape index (κ2) is 6.86. The molecule has 3 rings (SSSR count). The van der Waals surface area contributed by atoms with Gasteiger partial charge in [-0.1, -0.05) is 12.1 Å². The van der Waals surface area contributed by atoms with E-state index in [0.29, 0.717) is 6.42 Å². The zero-order chi connectivity index (χ0) is 15.4. The highest BCUT2D eigenvalue weighted by molar-refractivity contribution is 7.14. The molecule has 2 aromatic rings. The lowest BCUT2D eigenvalue weighted by Crippen LogP contribution is -2.33. The molecule has 0 radical (unpaired) electrons. The Labute approximate surface area is 132 Å². The van der Waals surface area contributed by atoms with Crippen molar-refractivity contribution in [3.63, 3.8) is 0 Å². The van der Waals surface area contributed by atoms with Gasteiger partial charge in [0.15, 0.2) is 0 Å². The van der Waals surface area contributed by atoms with Crippen molar-refractivity contribution in [2.45, 2.75) is 12.6 Å². The van der Waals surface area contributed by atoms with E-state index in [0.717, 1.165) is 21.9 Å². The monoisotopic (exact) mass is 319 g/mol. The van der Waals surface area contributed by atoms with Crippen LogP contribution < -0.4 is 32.0 Å². The topological polar surface area (TPSA) is 86.5 Å². The third-order valence-electron chi connectivity index (χ3n) is 3.28. The standard InChI is InChI=1S/C14H17N5O2S/c1-21-10-4-2-9(3-5-10)8-12(20)15-14-11(6-7-22-14)13-16-18-19-17-13/h2-7,13,16-19H,8H2,1H3,(H,15,20). The number of hydrogen-bond donors (Lipinski definition) is 5. The van der Waals surface area contributed by atoms with Crippen LogP contribution in [0.15, 0.2) is 35.7 Å². The van der Waals surface area contributed by atoms with Crippen LogP contribution in [0.3, 0.4) is 0 Å². The van der Waals surface area contributed by atoms with Gasteiger partial charge in [-0.15, -0.1) is 11.3 Å². The molecule has 1 aliphatic rings. The first-order chi connectivity index (χ1) is 10.8. The predicted octanol–water partition coefficient (Wildman–Crippen LogP) is 1.05. The molecule has 0 unspecified atom stereocenters. The highest BCUT2D eigenvalue weighted by Gasteiger charge is 2.20. The number of thiophene rings is 1. The number of carbonyl (C=O) groups is 1. The Balaban J connectivity index is 1.63. The summed E-state index contributed by atoms with van der Waals surface area (Å²) in [6, 6.07) is 9.45. The summed E-state index contributed by atoms with van der Waals surface area (Å²) in [6.07, 6.45) is 0.228. The first-order valence-electron chi connectivity index (χ1n) is 6.77. The smallest absolute Gasteiger partial charge is 0.229 e. The van der Waals surface area contributed by atoms with E-state index in [-0.39, 0.29) is 12.1 Å². The quantitative estimate of drug-likeness (QED) is 0.566. The fraction of sp³-hybridized carbons (Fsp3) is 0.214. The maximum absolute atomic E-state index is 12.2. The summed E-state index contributed by atoms with van der Waals surface area (Å²) < 4.78 is 5.11. The van der Waals surface area contributed by atoms with Crippen molar-refractivity contribution >= 4 is 22.2 Å². The minimum absolute atomic E-state index is 0.0483. The number of nitrogens with one attached hydrogen (secondary N) is 5. The molecule has 8 heteroatoms. The molecule has 0 saturated carbocycles. The van der Waals surface area contributed by atoms with Crippen molar-refractivity contribution in [3.8, 4) is 5.75 Å². The Kier molecular flexibility index (Phi) is 4.66. The van der Waals surface area contributed by atoms with Crippen LogP contribution in [0.25, 0.3) is 0 Å². The van der Waals surface area contributed by atoms with Gasteiger partial charge in [0.05, 0.1) is 13.5 Å². The number of methoxy groups -OCH3 is 1. The predicted molar refractivity (Wildman–Crippen MR) is 84.9 cm³/mol. The van der Waals surface area contributed by atoms with E-state index in [2.05, 4.69) is 27.2 Å². The van der Waals surface area contributed by atoms with Gasteiger partial charge in [0.1, 0.15) is 16.9 Å². The molecule has 0 bridgehead atoms. The maximum Gasteiger partial charge on any atom is 0.229 e. The SMILES string of the molecule is COc1ccc(CC(=O)Nc2sccc2C2NNNN2)cc1. The van der Waals surface area contributed by atoms with E-state index in [1.807, 2.05) is 35.7 Å². The molecular formula is C14H17N5O2S.